The molecule has 0 aliphatic heterocycles. The minimum atomic E-state index is -0.558. The number of thiophene rings is 1. The van der Waals surface area contributed by atoms with Crippen LogP contribution in [0.3, 0.4) is 0 Å². The van der Waals surface area contributed by atoms with Gasteiger partial charge in [-0.1, -0.05) is 6.07 Å². The van der Waals surface area contributed by atoms with Crippen LogP contribution in [0.4, 0.5) is 0 Å². The van der Waals surface area contributed by atoms with Gasteiger partial charge in [0.2, 0.25) is 0 Å². The summed E-state index contributed by atoms with van der Waals surface area (Å²) in [5.41, 5.74) is 0. The minimum Gasteiger partial charge on any atom is -0.494 e. The maximum atomic E-state index is 11.7. The molecule has 0 bridgehead atoms. The van der Waals surface area contributed by atoms with Gasteiger partial charge in [-0.25, -0.2) is 0 Å². The summed E-state index contributed by atoms with van der Waals surface area (Å²) in [4.78, 5) is 35.6. The van der Waals surface area contributed by atoms with Crippen molar-refractivity contribution in [2.75, 3.05) is 32.9 Å². The summed E-state index contributed by atoms with van der Waals surface area (Å²) in [6.07, 6.45) is -0.00868. The predicted molar refractivity (Wildman–Crippen MR) is 108 cm³/mol. The summed E-state index contributed by atoms with van der Waals surface area (Å²) < 4.78 is 15.7. The number of hydrogen-bond acceptors (Lipinski definition) is 7. The zero-order chi connectivity index (χ0) is 20.9. The van der Waals surface area contributed by atoms with Crippen LogP contribution in [0, 0.1) is 0 Å². The lowest BCUT2D eigenvalue weighted by Gasteiger charge is -2.09. The van der Waals surface area contributed by atoms with E-state index in [0.717, 1.165) is 5.75 Å². The number of carbonyl (C=O) groups is 3. The number of carbonyl (C=O) groups excluding carboxylic acids is 3. The highest BCUT2D eigenvalue weighted by molar-refractivity contribution is 7.12. The summed E-state index contributed by atoms with van der Waals surface area (Å²) in [5.74, 6) is 0.214. The highest BCUT2D eigenvalue weighted by Crippen LogP contribution is 2.17. The maximum absolute atomic E-state index is 11.7. The van der Waals surface area contributed by atoms with E-state index in [1.165, 1.54) is 11.3 Å². The molecule has 29 heavy (non-hydrogen) atoms. The molecule has 2 amide bonds. The molecule has 2 aromatic rings. The standard InChI is InChI=1S/C20H24N2O6S/c1-2-26-15-5-7-16(8-6-15)27-12-11-21-18(23)14-28-19(24)9-10-22-20(25)17-4-3-13-29-17/h3-8,13H,2,9-12,14H2,1H3,(H,21,23)(H,22,25). The fourth-order valence-corrected chi connectivity index (χ4v) is 2.84. The van der Waals surface area contributed by atoms with Gasteiger partial charge in [0.25, 0.3) is 11.8 Å². The van der Waals surface area contributed by atoms with E-state index in [0.29, 0.717) is 17.2 Å². The van der Waals surface area contributed by atoms with E-state index < -0.39 is 11.9 Å². The van der Waals surface area contributed by atoms with E-state index in [2.05, 4.69) is 10.6 Å². The topological polar surface area (TPSA) is 103 Å². The van der Waals surface area contributed by atoms with Crippen molar-refractivity contribution in [2.24, 2.45) is 0 Å². The van der Waals surface area contributed by atoms with E-state index in [-0.39, 0.29) is 38.6 Å². The SMILES string of the molecule is CCOc1ccc(OCCNC(=O)COC(=O)CCNC(=O)c2cccs2)cc1. The van der Waals surface area contributed by atoms with Crippen molar-refractivity contribution in [3.05, 3.63) is 46.7 Å². The Morgan fingerprint density at radius 1 is 0.966 bits per heavy atom. The highest BCUT2D eigenvalue weighted by Gasteiger charge is 2.10. The first-order valence-electron chi connectivity index (χ1n) is 9.18. The molecule has 8 nitrogen and oxygen atoms in total. The normalized spacial score (nSPS) is 10.1. The van der Waals surface area contributed by atoms with Crippen molar-refractivity contribution in [1.29, 1.82) is 0 Å². The Bertz CT molecular complexity index is 777. The van der Waals surface area contributed by atoms with E-state index in [1.54, 1.807) is 41.8 Å². The van der Waals surface area contributed by atoms with Crippen LogP contribution < -0.4 is 20.1 Å². The molecule has 0 aliphatic carbocycles. The van der Waals surface area contributed by atoms with Gasteiger partial charge in [0.05, 0.1) is 24.4 Å². The second-order valence-electron chi connectivity index (χ2n) is 5.75. The van der Waals surface area contributed by atoms with Gasteiger partial charge < -0.3 is 24.8 Å². The molecule has 0 aliphatic rings. The Balaban J connectivity index is 1.51. The van der Waals surface area contributed by atoms with Gasteiger partial charge in [-0.2, -0.15) is 0 Å². The van der Waals surface area contributed by atoms with Crippen molar-refractivity contribution in [3.8, 4) is 11.5 Å². The Morgan fingerprint density at radius 3 is 2.34 bits per heavy atom. The molecule has 0 fully saturated rings. The fourth-order valence-electron chi connectivity index (χ4n) is 2.20. The largest absolute Gasteiger partial charge is 0.494 e. The number of ether oxygens (including phenoxy) is 3. The average molecular weight is 420 g/mol. The number of benzene rings is 1. The molecule has 0 unspecified atom stereocenters. The van der Waals surface area contributed by atoms with E-state index in [9.17, 15) is 14.4 Å². The van der Waals surface area contributed by atoms with Gasteiger partial charge in [0.1, 0.15) is 18.1 Å². The molecule has 0 saturated carbocycles. The third kappa shape index (κ3) is 8.65. The van der Waals surface area contributed by atoms with Crippen LogP contribution in [0.1, 0.15) is 23.0 Å². The van der Waals surface area contributed by atoms with E-state index in [1.807, 2.05) is 6.92 Å². The highest BCUT2D eigenvalue weighted by atomic mass is 32.1. The van der Waals surface area contributed by atoms with Crippen LogP contribution >= 0.6 is 11.3 Å². The van der Waals surface area contributed by atoms with Crippen molar-refractivity contribution in [2.45, 2.75) is 13.3 Å². The van der Waals surface area contributed by atoms with Gasteiger partial charge in [-0.15, -0.1) is 11.3 Å². The van der Waals surface area contributed by atoms with Crippen LogP contribution in [-0.4, -0.2) is 50.7 Å². The van der Waals surface area contributed by atoms with Crippen molar-refractivity contribution >= 4 is 29.1 Å². The number of hydrogen-bond donors (Lipinski definition) is 2. The van der Waals surface area contributed by atoms with Crippen molar-refractivity contribution < 1.29 is 28.6 Å². The van der Waals surface area contributed by atoms with Gasteiger partial charge in [-0.3, -0.25) is 14.4 Å². The smallest absolute Gasteiger partial charge is 0.308 e. The summed E-state index contributed by atoms with van der Waals surface area (Å²) in [7, 11) is 0. The molecular formula is C20H24N2O6S. The van der Waals surface area contributed by atoms with Crippen LogP contribution in [0.2, 0.25) is 0 Å². The lowest BCUT2D eigenvalue weighted by atomic mass is 10.3. The van der Waals surface area contributed by atoms with E-state index >= 15 is 0 Å². The zero-order valence-electron chi connectivity index (χ0n) is 16.1. The molecule has 1 aromatic heterocycles. The third-order valence-corrected chi connectivity index (χ3v) is 4.42. The van der Waals surface area contributed by atoms with Gasteiger partial charge in [0, 0.05) is 6.54 Å². The quantitative estimate of drug-likeness (QED) is 0.402. The molecule has 0 spiro atoms. The molecular weight excluding hydrogens is 396 g/mol. The Labute approximate surface area is 173 Å². The van der Waals surface area contributed by atoms with Crippen molar-refractivity contribution in [1.82, 2.24) is 10.6 Å². The third-order valence-electron chi connectivity index (χ3n) is 3.55. The second-order valence-corrected chi connectivity index (χ2v) is 6.69. The lowest BCUT2D eigenvalue weighted by Crippen LogP contribution is -2.32. The number of nitrogens with one attached hydrogen (secondary N) is 2. The summed E-state index contributed by atoms with van der Waals surface area (Å²) in [6.45, 7) is 2.84. The Kier molecular flexibility index (Phi) is 9.50. The van der Waals surface area contributed by atoms with Crippen LogP contribution in [0.25, 0.3) is 0 Å². The first kappa shape index (κ1) is 22.2. The number of amides is 2. The summed E-state index contributed by atoms with van der Waals surface area (Å²) in [5, 5.41) is 7.01. The molecule has 156 valence electrons. The lowest BCUT2D eigenvalue weighted by molar-refractivity contribution is -0.148. The van der Waals surface area contributed by atoms with Crippen molar-refractivity contribution in [3.63, 3.8) is 0 Å². The fraction of sp³-hybridized carbons (Fsp3) is 0.350. The van der Waals surface area contributed by atoms with Crippen LogP contribution in [0.15, 0.2) is 41.8 Å². The second kappa shape index (κ2) is 12.4. The van der Waals surface area contributed by atoms with Crippen LogP contribution in [0.5, 0.6) is 11.5 Å². The first-order valence-corrected chi connectivity index (χ1v) is 10.1. The number of rotatable bonds is 12. The monoisotopic (exact) mass is 420 g/mol. The Hall–Kier alpha value is -3.07. The zero-order valence-corrected chi connectivity index (χ0v) is 17.0. The number of esters is 1. The van der Waals surface area contributed by atoms with E-state index in [4.69, 9.17) is 14.2 Å². The van der Waals surface area contributed by atoms with Gasteiger partial charge >= 0.3 is 5.97 Å². The molecule has 9 heteroatoms. The van der Waals surface area contributed by atoms with Gasteiger partial charge in [-0.05, 0) is 42.6 Å². The minimum absolute atomic E-state index is 0.00868. The Morgan fingerprint density at radius 2 is 1.69 bits per heavy atom. The molecule has 0 saturated heterocycles. The maximum Gasteiger partial charge on any atom is 0.308 e. The molecule has 1 aromatic carbocycles. The summed E-state index contributed by atoms with van der Waals surface area (Å²) >= 11 is 1.32. The first-order chi connectivity index (χ1) is 14.1. The molecule has 0 radical (unpaired) electrons. The van der Waals surface area contributed by atoms with Crippen LogP contribution in [-0.2, 0) is 14.3 Å². The molecule has 2 N–H and O–H groups in total. The molecule has 2 rings (SSSR count). The molecule has 1 heterocycles. The predicted octanol–water partition coefficient (Wildman–Crippen LogP) is 2.01. The van der Waals surface area contributed by atoms with Gasteiger partial charge in [0.15, 0.2) is 6.61 Å². The molecule has 0 atom stereocenters. The average Bonchev–Trinajstić information content (AvgIpc) is 3.26. The summed E-state index contributed by atoms with van der Waals surface area (Å²) in [6, 6.07) is 10.6.